The molecule has 2 aliphatic rings. The molecule has 1 N–H and O–H groups in total. The molecule has 1 atom stereocenters. The van der Waals surface area contributed by atoms with E-state index >= 15 is 0 Å². The van der Waals surface area contributed by atoms with E-state index in [0.717, 1.165) is 6.42 Å². The Hall–Kier alpha value is -1.00. The van der Waals surface area contributed by atoms with E-state index in [1.165, 1.54) is 49.0 Å². The van der Waals surface area contributed by atoms with Gasteiger partial charge in [0.15, 0.2) is 0 Å². The number of benzene rings is 1. The van der Waals surface area contributed by atoms with Crippen LogP contribution in [0.2, 0.25) is 0 Å². The third-order valence-corrected chi connectivity index (χ3v) is 5.81. The topological polar surface area (TPSA) is 38.3 Å². The number of nitrogens with one attached hydrogen (secondary N) is 1. The highest BCUT2D eigenvalue weighted by Gasteiger charge is 2.27. The number of carbonyl (C=O) groups is 1. The minimum Gasteiger partial charge on any atom is -0.376 e. The Morgan fingerprint density at radius 2 is 1.95 bits per heavy atom. The monoisotopic (exact) mass is 319 g/mol. The van der Waals surface area contributed by atoms with Gasteiger partial charge in [-0.1, -0.05) is 43.9 Å². The van der Waals surface area contributed by atoms with Crippen LogP contribution < -0.4 is 5.32 Å². The van der Waals surface area contributed by atoms with Crippen molar-refractivity contribution in [3.63, 3.8) is 0 Å². The summed E-state index contributed by atoms with van der Waals surface area (Å²) in [6.45, 7) is 1.27. The van der Waals surface area contributed by atoms with Crippen LogP contribution in [0.25, 0.3) is 0 Å². The minimum absolute atomic E-state index is 0.0234. The number of amides is 1. The molecular weight excluding hydrogens is 294 g/mol. The van der Waals surface area contributed by atoms with E-state index < -0.39 is 0 Å². The molecule has 0 bridgehead atoms. The number of carbonyl (C=O) groups excluding carboxylic acids is 1. The lowest BCUT2D eigenvalue weighted by Crippen LogP contribution is -2.35. The molecule has 3 rings (SSSR count). The first-order valence-corrected chi connectivity index (χ1v) is 9.35. The fourth-order valence-electron chi connectivity index (χ4n) is 3.25. The molecule has 0 radical (unpaired) electrons. The Bertz CT molecular complexity index is 473. The molecule has 4 heteroatoms. The molecule has 0 aromatic heterocycles. The van der Waals surface area contributed by atoms with Crippen LogP contribution in [0.5, 0.6) is 0 Å². The van der Waals surface area contributed by atoms with E-state index in [0.29, 0.717) is 19.3 Å². The maximum absolute atomic E-state index is 12.2. The lowest BCUT2D eigenvalue weighted by Gasteiger charge is -2.16. The van der Waals surface area contributed by atoms with Crippen molar-refractivity contribution in [3.8, 4) is 0 Å². The molecule has 0 saturated heterocycles. The van der Waals surface area contributed by atoms with Gasteiger partial charge < -0.3 is 10.1 Å². The van der Waals surface area contributed by atoms with Crippen LogP contribution in [-0.2, 0) is 16.0 Å². The number of rotatable bonds is 5. The van der Waals surface area contributed by atoms with Gasteiger partial charge in [-0.3, -0.25) is 4.79 Å². The van der Waals surface area contributed by atoms with Crippen molar-refractivity contribution in [2.45, 2.75) is 61.2 Å². The quantitative estimate of drug-likeness (QED) is 0.666. The molecule has 0 spiro atoms. The third-order valence-electron chi connectivity index (χ3n) is 4.50. The van der Waals surface area contributed by atoms with Crippen molar-refractivity contribution in [2.24, 2.45) is 0 Å². The van der Waals surface area contributed by atoms with Crippen LogP contribution in [-0.4, -0.2) is 30.4 Å². The highest BCUT2D eigenvalue weighted by molar-refractivity contribution is 8.01. The Labute approximate surface area is 137 Å². The zero-order valence-corrected chi connectivity index (χ0v) is 13.9. The Kier molecular flexibility index (Phi) is 5.79. The first-order chi connectivity index (χ1) is 10.8. The summed E-state index contributed by atoms with van der Waals surface area (Å²) in [6, 6.07) is 8.29. The van der Waals surface area contributed by atoms with Gasteiger partial charge in [-0.15, -0.1) is 11.8 Å². The molecule has 120 valence electrons. The van der Waals surface area contributed by atoms with Crippen molar-refractivity contribution in [3.05, 3.63) is 29.8 Å². The lowest BCUT2D eigenvalue weighted by molar-refractivity contribution is -0.120. The predicted molar refractivity (Wildman–Crippen MR) is 90.2 cm³/mol. The van der Waals surface area contributed by atoms with E-state index in [2.05, 4.69) is 17.4 Å². The summed E-state index contributed by atoms with van der Waals surface area (Å²) < 4.78 is 5.92. The van der Waals surface area contributed by atoms with Crippen molar-refractivity contribution in [1.82, 2.24) is 5.32 Å². The largest absolute Gasteiger partial charge is 0.376 e. The normalized spacial score (nSPS) is 22.1. The second-order valence-corrected chi connectivity index (χ2v) is 7.44. The maximum atomic E-state index is 12.2. The molecule has 1 unspecified atom stereocenters. The van der Waals surface area contributed by atoms with Gasteiger partial charge in [0.05, 0.1) is 18.0 Å². The average molecular weight is 319 g/mol. The van der Waals surface area contributed by atoms with E-state index in [9.17, 15) is 4.79 Å². The number of ether oxygens (including phenoxy) is 1. The third kappa shape index (κ3) is 4.26. The van der Waals surface area contributed by atoms with Crippen molar-refractivity contribution in [1.29, 1.82) is 0 Å². The van der Waals surface area contributed by atoms with Crippen molar-refractivity contribution >= 4 is 17.7 Å². The van der Waals surface area contributed by atoms with Gasteiger partial charge in [-0.2, -0.15) is 0 Å². The molecule has 1 saturated carbocycles. The molecule has 1 aliphatic heterocycles. The first-order valence-electron chi connectivity index (χ1n) is 8.47. The zero-order valence-electron chi connectivity index (χ0n) is 13.1. The van der Waals surface area contributed by atoms with Crippen LogP contribution in [0.1, 0.15) is 44.1 Å². The molecular formula is C18H25NO2S. The summed E-state index contributed by atoms with van der Waals surface area (Å²) in [7, 11) is 0. The van der Waals surface area contributed by atoms with Gasteiger partial charge in [0.2, 0.25) is 5.91 Å². The fourth-order valence-corrected chi connectivity index (χ4v) is 4.47. The standard InChI is InChI=1S/C18H25NO2S/c20-18(17-13-14-7-5-6-10-16(14)22-17)19-11-12-21-15-8-3-1-2-4-9-15/h5-7,10,15,17H,1-4,8-9,11-13H2,(H,19,20). The SMILES string of the molecule is O=C(NCCOC1CCCCCC1)C1Cc2ccccc2S1. The number of fused-ring (bicyclic) bond motifs is 1. The summed E-state index contributed by atoms with van der Waals surface area (Å²) in [5.41, 5.74) is 1.29. The van der Waals surface area contributed by atoms with Crippen molar-refractivity contribution < 1.29 is 9.53 Å². The van der Waals surface area contributed by atoms with Crippen LogP contribution in [0, 0.1) is 0 Å². The van der Waals surface area contributed by atoms with E-state index in [1.54, 1.807) is 11.8 Å². The van der Waals surface area contributed by atoms with Gasteiger partial charge in [0.25, 0.3) is 0 Å². The molecule has 1 aromatic carbocycles. The predicted octanol–water partition coefficient (Wildman–Crippen LogP) is 3.56. The van der Waals surface area contributed by atoms with E-state index in [-0.39, 0.29) is 11.2 Å². The smallest absolute Gasteiger partial charge is 0.233 e. The summed E-state index contributed by atoms with van der Waals surface area (Å²) in [5, 5.41) is 3.05. The number of hydrogen-bond donors (Lipinski definition) is 1. The van der Waals surface area contributed by atoms with Gasteiger partial charge in [0, 0.05) is 11.4 Å². The average Bonchev–Trinajstić information content (AvgIpc) is 2.81. The summed E-state index contributed by atoms with van der Waals surface area (Å²) in [5.74, 6) is 0.144. The Balaban J connectivity index is 1.35. The Morgan fingerprint density at radius 1 is 1.18 bits per heavy atom. The second kappa shape index (κ2) is 8.02. The molecule has 1 aromatic rings. The number of thioether (sulfide) groups is 1. The van der Waals surface area contributed by atoms with Crippen molar-refractivity contribution in [2.75, 3.05) is 13.2 Å². The maximum Gasteiger partial charge on any atom is 0.233 e. The molecule has 1 heterocycles. The van der Waals surface area contributed by atoms with Crippen LogP contribution in [0.4, 0.5) is 0 Å². The number of hydrogen-bond acceptors (Lipinski definition) is 3. The molecule has 1 amide bonds. The van der Waals surface area contributed by atoms with Crippen LogP contribution in [0.3, 0.4) is 0 Å². The summed E-state index contributed by atoms with van der Waals surface area (Å²) in [6.07, 6.45) is 8.87. The molecule has 1 aliphatic carbocycles. The van der Waals surface area contributed by atoms with Gasteiger partial charge in [0.1, 0.15) is 0 Å². The first kappa shape index (κ1) is 15.9. The van der Waals surface area contributed by atoms with Gasteiger partial charge >= 0.3 is 0 Å². The lowest BCUT2D eigenvalue weighted by atomic mass is 10.1. The zero-order chi connectivity index (χ0) is 15.2. The Morgan fingerprint density at radius 3 is 2.73 bits per heavy atom. The highest BCUT2D eigenvalue weighted by atomic mass is 32.2. The van der Waals surface area contributed by atoms with Gasteiger partial charge in [-0.05, 0) is 30.9 Å². The summed E-state index contributed by atoms with van der Waals surface area (Å²) in [4.78, 5) is 13.5. The fraction of sp³-hybridized carbons (Fsp3) is 0.611. The van der Waals surface area contributed by atoms with Crippen LogP contribution >= 0.6 is 11.8 Å². The van der Waals surface area contributed by atoms with Gasteiger partial charge in [-0.25, -0.2) is 0 Å². The van der Waals surface area contributed by atoms with E-state index in [1.807, 2.05) is 12.1 Å². The molecule has 1 fully saturated rings. The highest BCUT2D eigenvalue weighted by Crippen LogP contribution is 2.36. The molecule has 3 nitrogen and oxygen atoms in total. The molecule has 22 heavy (non-hydrogen) atoms. The summed E-state index contributed by atoms with van der Waals surface area (Å²) >= 11 is 1.68. The minimum atomic E-state index is 0.0234. The second-order valence-electron chi connectivity index (χ2n) is 6.19. The van der Waals surface area contributed by atoms with E-state index in [4.69, 9.17) is 4.74 Å². The van der Waals surface area contributed by atoms with Crippen LogP contribution in [0.15, 0.2) is 29.2 Å².